The summed E-state index contributed by atoms with van der Waals surface area (Å²) in [6.45, 7) is 13.3. The predicted octanol–water partition coefficient (Wildman–Crippen LogP) is 4.94. The van der Waals surface area contributed by atoms with Crippen molar-refractivity contribution < 1.29 is 31.1 Å². The third kappa shape index (κ3) is 4.14. The third-order valence-electron chi connectivity index (χ3n) is 4.94. The molecule has 11 heteroatoms. The van der Waals surface area contributed by atoms with Gasteiger partial charge in [-0.2, -0.15) is 13.2 Å². The number of halogens is 3. The van der Waals surface area contributed by atoms with Crippen LogP contribution in [0.5, 0.6) is 5.75 Å². The first-order chi connectivity index (χ1) is 14.2. The molecule has 166 valence electrons. The van der Waals surface area contributed by atoms with Gasteiger partial charge in [0.05, 0.1) is 12.1 Å². The van der Waals surface area contributed by atoms with Crippen LogP contribution in [0.2, 0.25) is 0 Å². The molecule has 0 aliphatic carbocycles. The molecule has 0 saturated carbocycles. The van der Waals surface area contributed by atoms with E-state index in [2.05, 4.69) is 4.85 Å². The van der Waals surface area contributed by atoms with Crippen LogP contribution < -0.4 is 4.74 Å². The first-order valence-electron chi connectivity index (χ1n) is 9.07. The Kier molecular flexibility index (Phi) is 5.61. The van der Waals surface area contributed by atoms with E-state index >= 15 is 0 Å². The number of rotatable bonds is 4. The minimum Gasteiger partial charge on any atom is -0.480 e. The van der Waals surface area contributed by atoms with Gasteiger partial charge in [0, 0.05) is 21.7 Å². The highest BCUT2D eigenvalue weighted by molar-refractivity contribution is 7.90. The maximum Gasteiger partial charge on any atom is 0.407 e. The molecule has 1 amide bonds. The number of carbonyl (C=O) groups is 1. The lowest BCUT2D eigenvalue weighted by atomic mass is 9.89. The summed E-state index contributed by atoms with van der Waals surface area (Å²) in [4.78, 5) is 17.2. The predicted molar refractivity (Wildman–Crippen MR) is 109 cm³/mol. The van der Waals surface area contributed by atoms with Crippen molar-refractivity contribution in [3.8, 4) is 5.75 Å². The summed E-state index contributed by atoms with van der Waals surface area (Å²) < 4.78 is 72.3. The van der Waals surface area contributed by atoms with E-state index in [1.54, 1.807) is 27.7 Å². The van der Waals surface area contributed by atoms with Gasteiger partial charge in [0.2, 0.25) is 0 Å². The lowest BCUT2D eigenvalue weighted by molar-refractivity contribution is -0.137. The Hall–Kier alpha value is -2.58. The van der Waals surface area contributed by atoms with Gasteiger partial charge < -0.3 is 4.74 Å². The highest BCUT2D eigenvalue weighted by atomic mass is 32.2. The first kappa shape index (κ1) is 23.1. The number of alkyl halides is 3. The third-order valence-corrected chi connectivity index (χ3v) is 7.91. The Morgan fingerprint density at radius 3 is 2.42 bits per heavy atom. The zero-order valence-corrected chi connectivity index (χ0v) is 18.7. The topological polar surface area (TPSA) is 68.0 Å². The molecule has 1 aliphatic rings. The van der Waals surface area contributed by atoms with Crippen LogP contribution >= 0.6 is 11.3 Å². The molecule has 1 unspecified atom stereocenters. The van der Waals surface area contributed by atoms with Crippen LogP contribution in [0.15, 0.2) is 29.2 Å². The Balaban J connectivity index is 1.96. The fourth-order valence-corrected chi connectivity index (χ4v) is 6.54. The molecule has 6 nitrogen and oxygen atoms in total. The van der Waals surface area contributed by atoms with Gasteiger partial charge in [-0.3, -0.25) is 4.79 Å². The smallest absolute Gasteiger partial charge is 0.407 e. The SMILES string of the molecule is [C-]#[N+]c1ccc(OC2C(=O)N(S(=O)(=O)c3cc(C)sc3C)CC2(C)C)cc1C(F)(F)F. The Bertz CT molecular complexity index is 1190. The number of hydrogen-bond acceptors (Lipinski definition) is 5. The lowest BCUT2D eigenvalue weighted by Gasteiger charge is -2.24. The average Bonchev–Trinajstić information content (AvgIpc) is 3.12. The average molecular weight is 473 g/mol. The second-order valence-electron chi connectivity index (χ2n) is 7.90. The van der Waals surface area contributed by atoms with E-state index in [9.17, 15) is 26.4 Å². The van der Waals surface area contributed by atoms with Crippen LogP contribution in [0.25, 0.3) is 4.85 Å². The summed E-state index contributed by atoms with van der Waals surface area (Å²) in [6, 6.07) is 4.27. The summed E-state index contributed by atoms with van der Waals surface area (Å²) in [5.41, 5.74) is -2.78. The minimum absolute atomic E-state index is 0.0283. The van der Waals surface area contributed by atoms with E-state index in [1.165, 1.54) is 17.4 Å². The molecule has 1 fully saturated rings. The maximum absolute atomic E-state index is 13.3. The molecule has 2 aromatic rings. The van der Waals surface area contributed by atoms with Crippen molar-refractivity contribution in [2.45, 2.75) is 44.9 Å². The van der Waals surface area contributed by atoms with E-state index in [0.29, 0.717) is 10.9 Å². The van der Waals surface area contributed by atoms with E-state index in [-0.39, 0.29) is 17.2 Å². The Labute approximate surface area is 182 Å². The Morgan fingerprint density at radius 1 is 1.26 bits per heavy atom. The molecule has 1 aromatic carbocycles. The quantitative estimate of drug-likeness (QED) is 0.592. The monoisotopic (exact) mass is 472 g/mol. The van der Waals surface area contributed by atoms with Crippen LogP contribution in [0.1, 0.15) is 29.2 Å². The molecule has 3 rings (SSSR count). The van der Waals surface area contributed by atoms with Gasteiger partial charge >= 0.3 is 6.18 Å². The van der Waals surface area contributed by atoms with Crippen molar-refractivity contribution in [3.05, 3.63) is 51.0 Å². The van der Waals surface area contributed by atoms with Crippen molar-refractivity contribution in [1.29, 1.82) is 0 Å². The van der Waals surface area contributed by atoms with Crippen molar-refractivity contribution in [3.63, 3.8) is 0 Å². The number of amides is 1. The molecular weight excluding hydrogens is 453 g/mol. The van der Waals surface area contributed by atoms with E-state index in [4.69, 9.17) is 11.3 Å². The molecule has 1 aliphatic heterocycles. The molecule has 0 N–H and O–H groups in total. The van der Waals surface area contributed by atoms with Crippen LogP contribution in [-0.4, -0.2) is 31.3 Å². The van der Waals surface area contributed by atoms with Crippen LogP contribution in [-0.2, 0) is 21.0 Å². The molecule has 0 spiro atoms. The number of benzene rings is 1. The minimum atomic E-state index is -4.78. The van der Waals surface area contributed by atoms with Gasteiger partial charge in [0.15, 0.2) is 11.8 Å². The van der Waals surface area contributed by atoms with Crippen molar-refractivity contribution in [2.24, 2.45) is 5.41 Å². The van der Waals surface area contributed by atoms with Crippen LogP contribution in [0.3, 0.4) is 0 Å². The summed E-state index contributed by atoms with van der Waals surface area (Å²) in [5, 5.41) is 0. The zero-order chi connectivity index (χ0) is 23.4. The number of sulfonamides is 1. The number of nitrogens with zero attached hydrogens (tertiary/aromatic N) is 2. The number of ether oxygens (including phenoxy) is 1. The Morgan fingerprint density at radius 2 is 1.90 bits per heavy atom. The summed E-state index contributed by atoms with van der Waals surface area (Å²) in [5.74, 6) is -1.12. The fourth-order valence-electron chi connectivity index (χ4n) is 3.44. The molecule has 1 aromatic heterocycles. The van der Waals surface area contributed by atoms with E-state index in [1.807, 2.05) is 0 Å². The van der Waals surface area contributed by atoms with Gasteiger partial charge in [0.25, 0.3) is 15.9 Å². The highest BCUT2D eigenvalue weighted by Gasteiger charge is 2.53. The zero-order valence-electron chi connectivity index (χ0n) is 17.1. The molecule has 31 heavy (non-hydrogen) atoms. The van der Waals surface area contributed by atoms with Crippen molar-refractivity contribution in [2.75, 3.05) is 6.54 Å². The number of hydrogen-bond donors (Lipinski definition) is 0. The number of aryl methyl sites for hydroxylation is 2. The summed E-state index contributed by atoms with van der Waals surface area (Å²) >= 11 is 1.29. The van der Waals surface area contributed by atoms with Gasteiger partial charge in [-0.15, -0.1) is 11.3 Å². The largest absolute Gasteiger partial charge is 0.480 e. The summed E-state index contributed by atoms with van der Waals surface area (Å²) in [6.07, 6.45) is -6.10. The second-order valence-corrected chi connectivity index (χ2v) is 11.2. The highest BCUT2D eigenvalue weighted by Crippen LogP contribution is 2.42. The fraction of sp³-hybridized carbons (Fsp3) is 0.400. The van der Waals surface area contributed by atoms with Gasteiger partial charge in [-0.1, -0.05) is 19.9 Å². The van der Waals surface area contributed by atoms with Gasteiger partial charge in [-0.25, -0.2) is 17.6 Å². The first-order valence-corrected chi connectivity index (χ1v) is 11.3. The van der Waals surface area contributed by atoms with E-state index < -0.39 is 44.9 Å². The molecule has 1 atom stereocenters. The van der Waals surface area contributed by atoms with E-state index in [0.717, 1.165) is 21.3 Å². The molecular formula is C20H19F3N2O4S2. The number of carbonyl (C=O) groups excluding carboxylic acids is 1. The number of thiophene rings is 1. The molecule has 1 saturated heterocycles. The lowest BCUT2D eigenvalue weighted by Crippen LogP contribution is -2.38. The normalized spacial score (nSPS) is 18.8. The second kappa shape index (κ2) is 7.53. The molecule has 2 heterocycles. The maximum atomic E-state index is 13.3. The summed E-state index contributed by atoms with van der Waals surface area (Å²) in [7, 11) is -4.14. The van der Waals surface area contributed by atoms with Gasteiger partial charge in [0.1, 0.15) is 10.6 Å². The van der Waals surface area contributed by atoms with Gasteiger partial charge in [-0.05, 0) is 32.0 Å². The molecule has 0 radical (unpaired) electrons. The van der Waals surface area contributed by atoms with Crippen LogP contribution in [0.4, 0.5) is 18.9 Å². The molecule has 0 bridgehead atoms. The van der Waals surface area contributed by atoms with Crippen LogP contribution in [0, 0.1) is 25.8 Å². The standard InChI is InChI=1S/C20H19F3N2O4S2/c1-11-8-16(12(2)30-11)31(27,28)25-10-19(3,4)17(18(25)26)29-13-6-7-15(24-5)14(9-13)20(21,22)23/h6-9,17H,10H2,1-4H3. The van der Waals surface area contributed by atoms with Crippen molar-refractivity contribution >= 4 is 33.0 Å². The van der Waals surface area contributed by atoms with Crippen molar-refractivity contribution in [1.82, 2.24) is 4.31 Å².